The summed E-state index contributed by atoms with van der Waals surface area (Å²) in [4.78, 5) is 30.6. The van der Waals surface area contributed by atoms with Crippen LogP contribution >= 0.6 is 0 Å². The number of ether oxygens (including phenoxy) is 1. The van der Waals surface area contributed by atoms with Gasteiger partial charge in [0.2, 0.25) is 5.91 Å². The number of allylic oxidation sites excluding steroid dienone is 1. The van der Waals surface area contributed by atoms with Crippen molar-refractivity contribution < 1.29 is 14.3 Å². The molecule has 3 N–H and O–H groups in total. The molecule has 1 aromatic carbocycles. The minimum atomic E-state index is -0.648. The number of aromatic nitrogens is 3. The third-order valence-electron chi connectivity index (χ3n) is 5.55. The van der Waals surface area contributed by atoms with Crippen molar-refractivity contribution in [1.29, 1.82) is 0 Å². The number of nitrogens with zero attached hydrogens (tertiary/aromatic N) is 4. The first-order valence-corrected chi connectivity index (χ1v) is 10.6. The molecule has 0 radical (unpaired) electrons. The molecule has 4 rings (SSSR count). The predicted molar refractivity (Wildman–Crippen MR) is 129 cm³/mol. The van der Waals surface area contributed by atoms with E-state index in [0.29, 0.717) is 24.5 Å². The molecule has 9 heteroatoms. The van der Waals surface area contributed by atoms with Gasteiger partial charge in [-0.15, -0.1) is 0 Å². The summed E-state index contributed by atoms with van der Waals surface area (Å²) in [5.41, 5.74) is 8.39. The van der Waals surface area contributed by atoms with Crippen molar-refractivity contribution in [3.05, 3.63) is 78.0 Å². The number of pyridine rings is 1. The van der Waals surface area contributed by atoms with Gasteiger partial charge in [-0.05, 0) is 30.2 Å². The van der Waals surface area contributed by atoms with Crippen molar-refractivity contribution in [1.82, 2.24) is 19.7 Å². The second-order valence-electron chi connectivity index (χ2n) is 7.65. The lowest BCUT2D eigenvalue weighted by molar-refractivity contribution is -0.123. The second-order valence-corrected chi connectivity index (χ2v) is 7.65. The van der Waals surface area contributed by atoms with E-state index in [0.717, 1.165) is 16.5 Å². The molecule has 1 saturated heterocycles. The molecule has 0 saturated carbocycles. The van der Waals surface area contributed by atoms with E-state index >= 15 is 0 Å². The number of carbonyl (C=O) groups excluding carboxylic acids is 2. The first-order chi connectivity index (χ1) is 16.5. The zero-order chi connectivity index (χ0) is 24.2. The third kappa shape index (κ3) is 4.21. The molecule has 0 spiro atoms. The molecule has 34 heavy (non-hydrogen) atoms. The molecule has 2 amide bonds. The van der Waals surface area contributed by atoms with Gasteiger partial charge in [0.05, 0.1) is 24.4 Å². The number of benzene rings is 1. The van der Waals surface area contributed by atoms with E-state index in [9.17, 15) is 9.59 Å². The summed E-state index contributed by atoms with van der Waals surface area (Å²) < 4.78 is 6.80. The highest BCUT2D eigenvalue weighted by molar-refractivity contribution is 6.00. The minimum Gasteiger partial charge on any atom is -0.503 e. The first-order valence-electron chi connectivity index (χ1n) is 10.6. The van der Waals surface area contributed by atoms with E-state index in [1.807, 2.05) is 30.3 Å². The summed E-state index contributed by atoms with van der Waals surface area (Å²) >= 11 is 0. The molecular formula is C25H24N6O3. The number of hydrogen-bond acceptors (Lipinski definition) is 6. The largest absolute Gasteiger partial charge is 0.503 e. The molecule has 9 nitrogen and oxygen atoms in total. The highest BCUT2D eigenvalue weighted by atomic mass is 16.5. The lowest BCUT2D eigenvalue weighted by Crippen LogP contribution is -2.27. The molecule has 3 aromatic rings. The maximum Gasteiger partial charge on any atom is 0.255 e. The standard InChI is InChI=1S/C25H24N6O3/c1-4-22(32)30-14-18(13-19(30)15-34-3)31-25(27-2)23(24(26)33)20(29-31)10-8-16-7-9-17-6-5-11-28-21(17)12-16/h4-7,9,11-12,15,18,27H,1,13-14H2,2-3H3,(H2,26,33)/b19-15+/t18-/m0/s1. The van der Waals surface area contributed by atoms with Crippen LogP contribution in [0, 0.1) is 11.8 Å². The van der Waals surface area contributed by atoms with Gasteiger partial charge in [0.25, 0.3) is 5.91 Å². The third-order valence-corrected chi connectivity index (χ3v) is 5.55. The number of primary amides is 1. The van der Waals surface area contributed by atoms with Gasteiger partial charge >= 0.3 is 0 Å². The number of fused-ring (bicyclic) bond motifs is 1. The summed E-state index contributed by atoms with van der Waals surface area (Å²) in [6.07, 6.45) is 4.95. The van der Waals surface area contributed by atoms with Crippen LogP contribution in [-0.2, 0) is 9.53 Å². The number of methoxy groups -OCH3 is 1. The number of nitrogens with two attached hydrogens (primary N) is 1. The van der Waals surface area contributed by atoms with Crippen molar-refractivity contribution >= 4 is 28.5 Å². The van der Waals surface area contributed by atoms with Gasteiger partial charge in [-0.1, -0.05) is 24.6 Å². The summed E-state index contributed by atoms with van der Waals surface area (Å²) in [6, 6.07) is 9.28. The van der Waals surface area contributed by atoms with Crippen molar-refractivity contribution in [3.63, 3.8) is 0 Å². The number of amides is 2. The van der Waals surface area contributed by atoms with Gasteiger partial charge in [-0.3, -0.25) is 14.6 Å². The Kier molecular flexibility index (Phi) is 6.32. The quantitative estimate of drug-likeness (QED) is 0.346. The Morgan fingerprint density at radius 3 is 2.85 bits per heavy atom. The Labute approximate surface area is 196 Å². The molecule has 0 aliphatic carbocycles. The zero-order valence-electron chi connectivity index (χ0n) is 18.9. The van der Waals surface area contributed by atoms with Crippen LogP contribution in [0.5, 0.6) is 0 Å². The zero-order valence-corrected chi connectivity index (χ0v) is 18.9. The van der Waals surface area contributed by atoms with Crippen LogP contribution in [0.3, 0.4) is 0 Å². The number of anilines is 1. The fraction of sp³-hybridized carbons (Fsp3) is 0.200. The lowest BCUT2D eigenvalue weighted by Gasteiger charge is -2.16. The molecule has 1 fully saturated rings. The molecule has 0 bridgehead atoms. The van der Waals surface area contributed by atoms with Crippen molar-refractivity contribution in [2.45, 2.75) is 12.5 Å². The van der Waals surface area contributed by atoms with E-state index in [2.05, 4.69) is 33.8 Å². The Balaban J connectivity index is 1.75. The lowest BCUT2D eigenvalue weighted by atomic mass is 10.1. The van der Waals surface area contributed by atoms with Crippen LogP contribution in [0.15, 0.2) is 61.1 Å². The van der Waals surface area contributed by atoms with E-state index < -0.39 is 5.91 Å². The average molecular weight is 457 g/mol. The maximum atomic E-state index is 12.3. The van der Waals surface area contributed by atoms with Gasteiger partial charge in [0.15, 0.2) is 5.69 Å². The van der Waals surface area contributed by atoms with E-state index in [1.165, 1.54) is 19.4 Å². The number of likely N-dealkylation sites (tertiary alicyclic amines) is 1. The predicted octanol–water partition coefficient (Wildman–Crippen LogP) is 2.42. The first kappa shape index (κ1) is 22.6. The SMILES string of the molecule is C=CC(=O)N1C[C@@H](n2nc(C#Cc3ccc4cccnc4c3)c(C(N)=O)c2NC)C/C1=C\OC. The Bertz CT molecular complexity index is 1380. The molecule has 1 aliphatic rings. The molecule has 2 aromatic heterocycles. The van der Waals surface area contributed by atoms with Gasteiger partial charge in [-0.25, -0.2) is 4.68 Å². The highest BCUT2D eigenvalue weighted by Crippen LogP contribution is 2.34. The number of rotatable bonds is 5. The van der Waals surface area contributed by atoms with Gasteiger partial charge < -0.3 is 20.7 Å². The van der Waals surface area contributed by atoms with Crippen molar-refractivity contribution in [2.24, 2.45) is 5.73 Å². The van der Waals surface area contributed by atoms with Crippen LogP contribution < -0.4 is 11.1 Å². The van der Waals surface area contributed by atoms with Gasteiger partial charge in [0, 0.05) is 37.2 Å². The molecular weight excluding hydrogens is 432 g/mol. The smallest absolute Gasteiger partial charge is 0.255 e. The Morgan fingerprint density at radius 1 is 1.32 bits per heavy atom. The summed E-state index contributed by atoms with van der Waals surface area (Å²) in [7, 11) is 3.20. The molecule has 1 atom stereocenters. The second kappa shape index (κ2) is 9.50. The van der Waals surface area contributed by atoms with Crippen LogP contribution in [0.25, 0.3) is 10.9 Å². The fourth-order valence-electron chi connectivity index (χ4n) is 4.03. The Hall–Kier alpha value is -4.58. The molecule has 0 unspecified atom stereocenters. The van der Waals surface area contributed by atoms with Crippen LogP contribution in [0.4, 0.5) is 5.82 Å². The number of nitrogens with one attached hydrogen (secondary N) is 1. The topological polar surface area (TPSA) is 115 Å². The minimum absolute atomic E-state index is 0.194. The number of hydrogen-bond donors (Lipinski definition) is 2. The fourth-order valence-corrected chi connectivity index (χ4v) is 4.03. The van der Waals surface area contributed by atoms with E-state index in [-0.39, 0.29) is 23.2 Å². The van der Waals surface area contributed by atoms with E-state index in [4.69, 9.17) is 10.5 Å². The van der Waals surface area contributed by atoms with E-state index in [1.54, 1.807) is 22.8 Å². The Morgan fingerprint density at radius 2 is 2.15 bits per heavy atom. The highest BCUT2D eigenvalue weighted by Gasteiger charge is 2.35. The monoisotopic (exact) mass is 456 g/mol. The summed E-state index contributed by atoms with van der Waals surface area (Å²) in [5.74, 6) is 5.59. The summed E-state index contributed by atoms with van der Waals surface area (Å²) in [6.45, 7) is 3.90. The van der Waals surface area contributed by atoms with Crippen molar-refractivity contribution in [2.75, 3.05) is 26.0 Å². The van der Waals surface area contributed by atoms with Gasteiger partial charge in [0.1, 0.15) is 17.6 Å². The number of carbonyl (C=O) groups is 2. The maximum absolute atomic E-state index is 12.3. The van der Waals surface area contributed by atoms with Crippen LogP contribution in [-0.4, -0.2) is 52.2 Å². The molecule has 3 heterocycles. The average Bonchev–Trinajstić information content (AvgIpc) is 3.43. The molecule has 1 aliphatic heterocycles. The molecule has 172 valence electrons. The summed E-state index contributed by atoms with van der Waals surface area (Å²) in [5, 5.41) is 8.63. The van der Waals surface area contributed by atoms with Crippen LogP contribution in [0.2, 0.25) is 0 Å². The van der Waals surface area contributed by atoms with Crippen molar-refractivity contribution in [3.8, 4) is 11.8 Å². The van der Waals surface area contributed by atoms with Gasteiger partial charge in [-0.2, -0.15) is 5.10 Å². The van der Waals surface area contributed by atoms with Crippen LogP contribution in [0.1, 0.15) is 34.1 Å². The normalized spacial score (nSPS) is 16.2.